The van der Waals surface area contributed by atoms with Crippen LogP contribution in [-0.2, 0) is 0 Å². The minimum atomic E-state index is -1.04. The van der Waals surface area contributed by atoms with Crippen molar-refractivity contribution in [3.8, 4) is 11.5 Å². The molecule has 0 amide bonds. The summed E-state index contributed by atoms with van der Waals surface area (Å²) in [6, 6.07) is 5.51. The van der Waals surface area contributed by atoms with Crippen molar-refractivity contribution in [2.75, 3.05) is 5.73 Å². The first-order valence-corrected chi connectivity index (χ1v) is 5.92. The Morgan fingerprint density at radius 2 is 1.67 bits per heavy atom. The molecule has 0 atom stereocenters. The zero-order valence-corrected chi connectivity index (χ0v) is 11.0. The highest BCUT2D eigenvalue weighted by atomic mass is 127. The van der Waals surface area contributed by atoms with Gasteiger partial charge in [0.1, 0.15) is 11.6 Å². The van der Waals surface area contributed by atoms with E-state index in [1.807, 2.05) is 0 Å². The summed E-state index contributed by atoms with van der Waals surface area (Å²) >= 11 is 1.79. The molecule has 0 radical (unpaired) electrons. The van der Waals surface area contributed by atoms with Gasteiger partial charge in [-0.1, -0.05) is 0 Å². The Bertz CT molecular complexity index is 604. The van der Waals surface area contributed by atoms with E-state index in [9.17, 15) is 13.2 Å². The molecule has 2 aromatic rings. The number of halogens is 4. The second-order valence-corrected chi connectivity index (χ2v) is 4.64. The van der Waals surface area contributed by atoms with E-state index in [1.54, 1.807) is 22.6 Å². The van der Waals surface area contributed by atoms with E-state index in [0.717, 1.165) is 18.2 Å². The molecule has 0 spiro atoms. The Kier molecular flexibility index (Phi) is 3.65. The first-order chi connectivity index (χ1) is 8.47. The van der Waals surface area contributed by atoms with Crippen molar-refractivity contribution >= 4 is 28.3 Å². The van der Waals surface area contributed by atoms with Gasteiger partial charge in [-0.25, -0.2) is 13.2 Å². The van der Waals surface area contributed by atoms with Gasteiger partial charge in [0.05, 0.1) is 9.26 Å². The molecule has 0 unspecified atom stereocenters. The largest absolute Gasteiger partial charge is 0.455 e. The average Bonchev–Trinajstić information content (AvgIpc) is 2.31. The second-order valence-electron chi connectivity index (χ2n) is 3.48. The van der Waals surface area contributed by atoms with Crippen LogP contribution in [0.4, 0.5) is 18.9 Å². The number of ether oxygens (including phenoxy) is 1. The molecule has 6 heteroatoms. The number of rotatable bonds is 2. The molecule has 18 heavy (non-hydrogen) atoms. The van der Waals surface area contributed by atoms with E-state index in [-0.39, 0.29) is 17.2 Å². The van der Waals surface area contributed by atoms with Crippen LogP contribution in [0, 0.1) is 21.0 Å². The highest BCUT2D eigenvalue weighted by Crippen LogP contribution is 2.31. The SMILES string of the molecule is Nc1cc(I)c(F)cc1Oc1ccc(F)c(F)c1. The number of nitrogen functional groups attached to an aromatic ring is 1. The lowest BCUT2D eigenvalue weighted by atomic mass is 10.3. The molecule has 0 saturated heterocycles. The molecule has 0 bridgehead atoms. The van der Waals surface area contributed by atoms with Crippen LogP contribution in [0.15, 0.2) is 30.3 Å². The maximum Gasteiger partial charge on any atom is 0.162 e. The number of nitrogens with two attached hydrogens (primary N) is 1. The van der Waals surface area contributed by atoms with Crippen LogP contribution in [0.2, 0.25) is 0 Å². The Hall–Kier alpha value is -1.44. The molecule has 2 N–H and O–H groups in total. The van der Waals surface area contributed by atoms with E-state index >= 15 is 0 Å². The van der Waals surface area contributed by atoms with Gasteiger partial charge in [0, 0.05) is 12.1 Å². The smallest absolute Gasteiger partial charge is 0.162 e. The molecule has 0 fully saturated rings. The molecule has 0 aromatic heterocycles. The van der Waals surface area contributed by atoms with E-state index in [4.69, 9.17) is 10.5 Å². The van der Waals surface area contributed by atoms with Gasteiger partial charge < -0.3 is 10.5 Å². The number of hydrogen-bond acceptors (Lipinski definition) is 2. The number of benzene rings is 2. The standard InChI is InChI=1S/C12H7F3INO/c13-7-2-1-6(3-8(7)14)18-12-4-9(15)10(16)5-11(12)17/h1-5H,17H2. The summed E-state index contributed by atoms with van der Waals surface area (Å²) in [5, 5.41) is 0. The molecule has 2 nitrogen and oxygen atoms in total. The van der Waals surface area contributed by atoms with Crippen LogP contribution in [0.5, 0.6) is 11.5 Å². The van der Waals surface area contributed by atoms with Gasteiger partial charge in [0.15, 0.2) is 17.4 Å². The minimum Gasteiger partial charge on any atom is -0.455 e. The van der Waals surface area contributed by atoms with Crippen molar-refractivity contribution in [3.05, 3.63) is 51.4 Å². The lowest BCUT2D eigenvalue weighted by Crippen LogP contribution is -1.96. The van der Waals surface area contributed by atoms with Crippen LogP contribution in [0.3, 0.4) is 0 Å². The third-order valence-corrected chi connectivity index (χ3v) is 3.00. The summed E-state index contributed by atoms with van der Waals surface area (Å²) in [6.07, 6.45) is 0. The summed E-state index contributed by atoms with van der Waals surface area (Å²) in [7, 11) is 0. The molecule has 0 aliphatic carbocycles. The van der Waals surface area contributed by atoms with Crippen molar-refractivity contribution in [1.29, 1.82) is 0 Å². The average molecular weight is 365 g/mol. The van der Waals surface area contributed by atoms with Crippen molar-refractivity contribution in [2.45, 2.75) is 0 Å². The van der Waals surface area contributed by atoms with Gasteiger partial charge in [-0.15, -0.1) is 0 Å². The van der Waals surface area contributed by atoms with Crippen LogP contribution in [0.1, 0.15) is 0 Å². The van der Waals surface area contributed by atoms with Gasteiger partial charge in [-0.3, -0.25) is 0 Å². The Labute approximate surface area is 115 Å². The normalized spacial score (nSPS) is 10.4. The van der Waals surface area contributed by atoms with Crippen molar-refractivity contribution in [1.82, 2.24) is 0 Å². The first kappa shape index (κ1) is 13.0. The first-order valence-electron chi connectivity index (χ1n) is 4.85. The Morgan fingerprint density at radius 1 is 0.944 bits per heavy atom. The summed E-state index contributed by atoms with van der Waals surface area (Å²) in [4.78, 5) is 0. The Balaban J connectivity index is 2.34. The predicted octanol–water partition coefficient (Wildman–Crippen LogP) is 4.08. The second kappa shape index (κ2) is 5.05. The van der Waals surface area contributed by atoms with Crippen molar-refractivity contribution in [3.63, 3.8) is 0 Å². The predicted molar refractivity (Wildman–Crippen MR) is 70.0 cm³/mol. The molecule has 2 aromatic carbocycles. The molecule has 0 aliphatic rings. The van der Waals surface area contributed by atoms with Crippen LogP contribution < -0.4 is 10.5 Å². The highest BCUT2D eigenvalue weighted by molar-refractivity contribution is 14.1. The van der Waals surface area contributed by atoms with E-state index < -0.39 is 17.5 Å². The molecular weight excluding hydrogens is 358 g/mol. The van der Waals surface area contributed by atoms with Crippen LogP contribution in [0.25, 0.3) is 0 Å². The van der Waals surface area contributed by atoms with Crippen molar-refractivity contribution in [2.24, 2.45) is 0 Å². The third kappa shape index (κ3) is 2.69. The zero-order valence-electron chi connectivity index (χ0n) is 8.88. The fourth-order valence-corrected chi connectivity index (χ4v) is 1.79. The zero-order chi connectivity index (χ0) is 13.3. The van der Waals surface area contributed by atoms with Gasteiger partial charge in [0.2, 0.25) is 0 Å². The quantitative estimate of drug-likeness (QED) is 0.643. The topological polar surface area (TPSA) is 35.2 Å². The monoisotopic (exact) mass is 365 g/mol. The fraction of sp³-hybridized carbons (Fsp3) is 0. The molecular formula is C12H7F3INO. The summed E-state index contributed by atoms with van der Waals surface area (Å²) < 4.78 is 44.6. The van der Waals surface area contributed by atoms with E-state index in [2.05, 4.69) is 0 Å². The van der Waals surface area contributed by atoms with Gasteiger partial charge >= 0.3 is 0 Å². The maximum absolute atomic E-state index is 13.3. The fourth-order valence-electron chi connectivity index (χ4n) is 1.30. The number of hydrogen-bond donors (Lipinski definition) is 1. The van der Waals surface area contributed by atoms with Crippen LogP contribution in [-0.4, -0.2) is 0 Å². The number of anilines is 1. The molecule has 94 valence electrons. The maximum atomic E-state index is 13.3. The van der Waals surface area contributed by atoms with Gasteiger partial charge in [-0.2, -0.15) is 0 Å². The highest BCUT2D eigenvalue weighted by Gasteiger charge is 2.09. The molecule has 2 rings (SSSR count). The van der Waals surface area contributed by atoms with E-state index in [1.165, 1.54) is 12.1 Å². The molecule has 0 aliphatic heterocycles. The lowest BCUT2D eigenvalue weighted by Gasteiger charge is -2.09. The third-order valence-electron chi connectivity index (χ3n) is 2.17. The summed E-state index contributed by atoms with van der Waals surface area (Å²) in [5.74, 6) is -2.43. The molecule has 0 saturated carbocycles. The van der Waals surface area contributed by atoms with Crippen LogP contribution >= 0.6 is 22.6 Å². The van der Waals surface area contributed by atoms with Gasteiger partial charge in [-0.05, 0) is 40.8 Å². The minimum absolute atomic E-state index is 0.0428. The lowest BCUT2D eigenvalue weighted by molar-refractivity contribution is 0.459. The summed E-state index contributed by atoms with van der Waals surface area (Å²) in [6.45, 7) is 0. The van der Waals surface area contributed by atoms with Gasteiger partial charge in [0.25, 0.3) is 0 Å². The Morgan fingerprint density at radius 3 is 2.33 bits per heavy atom. The molecule has 0 heterocycles. The summed E-state index contributed by atoms with van der Waals surface area (Å²) in [5.41, 5.74) is 5.86. The van der Waals surface area contributed by atoms with E-state index in [0.29, 0.717) is 3.57 Å². The van der Waals surface area contributed by atoms with Crippen molar-refractivity contribution < 1.29 is 17.9 Å².